The van der Waals surface area contributed by atoms with Crippen LogP contribution in [0.15, 0.2) is 48.0 Å². The third-order valence-corrected chi connectivity index (χ3v) is 6.48. The fourth-order valence-electron chi connectivity index (χ4n) is 4.52. The van der Waals surface area contributed by atoms with E-state index < -0.39 is 17.7 Å². The second-order valence-electron chi connectivity index (χ2n) is 8.44. The first-order chi connectivity index (χ1) is 17.4. The molecule has 1 fully saturated rings. The summed E-state index contributed by atoms with van der Waals surface area (Å²) in [6.07, 6.45) is 0.681. The van der Waals surface area contributed by atoms with Crippen molar-refractivity contribution in [2.75, 3.05) is 47.0 Å². The van der Waals surface area contributed by atoms with Crippen molar-refractivity contribution in [3.05, 3.63) is 59.2 Å². The number of methoxy groups -OCH3 is 2. The standard InChI is InChI=1S/C28H36N2O6/c1-6-29(7-2)16-9-17-30-25(22-18-21(34-4)14-15-23(22)35-5)24(27(32)28(30)33)26(31)19-10-12-20(13-11-19)36-8-3/h10-15,18,25,31H,6-9,16-17H2,1-5H3/t25-/m1/s1. The highest BCUT2D eigenvalue weighted by Crippen LogP contribution is 2.44. The molecule has 0 saturated carbocycles. The lowest BCUT2D eigenvalue weighted by Crippen LogP contribution is -2.33. The smallest absolute Gasteiger partial charge is 0.295 e. The van der Waals surface area contributed by atoms with E-state index in [0.717, 1.165) is 19.6 Å². The summed E-state index contributed by atoms with van der Waals surface area (Å²) in [5.74, 6) is 0.0973. The summed E-state index contributed by atoms with van der Waals surface area (Å²) in [6, 6.07) is 11.2. The molecule has 2 aromatic rings. The average molecular weight is 497 g/mol. The van der Waals surface area contributed by atoms with Crippen LogP contribution in [-0.2, 0) is 9.59 Å². The van der Waals surface area contributed by atoms with Crippen molar-refractivity contribution in [2.24, 2.45) is 0 Å². The van der Waals surface area contributed by atoms with Crippen LogP contribution in [0.4, 0.5) is 0 Å². The first-order valence-electron chi connectivity index (χ1n) is 12.4. The van der Waals surface area contributed by atoms with Crippen LogP contribution in [0, 0.1) is 0 Å². The van der Waals surface area contributed by atoms with Crippen LogP contribution in [0.5, 0.6) is 17.2 Å². The zero-order chi connectivity index (χ0) is 26.2. The van der Waals surface area contributed by atoms with Crippen LogP contribution in [-0.4, -0.2) is 73.6 Å². The summed E-state index contributed by atoms with van der Waals surface area (Å²) in [5.41, 5.74) is 1.02. The number of amides is 1. The molecule has 0 radical (unpaired) electrons. The lowest BCUT2D eigenvalue weighted by atomic mass is 9.94. The normalized spacial score (nSPS) is 17.1. The number of hydrogen-bond donors (Lipinski definition) is 1. The largest absolute Gasteiger partial charge is 0.507 e. The van der Waals surface area contributed by atoms with Gasteiger partial charge >= 0.3 is 0 Å². The first-order valence-corrected chi connectivity index (χ1v) is 12.4. The molecule has 3 rings (SSSR count). The van der Waals surface area contributed by atoms with E-state index in [-0.39, 0.29) is 11.3 Å². The molecule has 1 heterocycles. The molecule has 0 aromatic heterocycles. The van der Waals surface area contributed by atoms with Crippen LogP contribution in [0.2, 0.25) is 0 Å². The fraction of sp³-hybridized carbons (Fsp3) is 0.429. The van der Waals surface area contributed by atoms with E-state index in [1.807, 2.05) is 6.92 Å². The molecule has 0 unspecified atom stereocenters. The molecule has 36 heavy (non-hydrogen) atoms. The number of aliphatic hydroxyl groups is 1. The molecule has 8 nitrogen and oxygen atoms in total. The molecule has 1 aliphatic heterocycles. The molecule has 0 spiro atoms. The first kappa shape index (κ1) is 27.1. The zero-order valence-corrected chi connectivity index (χ0v) is 21.7. The Morgan fingerprint density at radius 2 is 1.64 bits per heavy atom. The van der Waals surface area contributed by atoms with Crippen molar-refractivity contribution in [3.8, 4) is 17.2 Å². The minimum atomic E-state index is -0.821. The molecule has 0 aliphatic carbocycles. The fourth-order valence-corrected chi connectivity index (χ4v) is 4.52. The van der Waals surface area contributed by atoms with Crippen molar-refractivity contribution in [2.45, 2.75) is 33.2 Å². The Labute approximate surface area is 213 Å². The number of hydrogen-bond acceptors (Lipinski definition) is 7. The molecule has 8 heteroatoms. The quantitative estimate of drug-likeness (QED) is 0.267. The number of nitrogens with zero attached hydrogens (tertiary/aromatic N) is 2. The van der Waals surface area contributed by atoms with Crippen molar-refractivity contribution in [3.63, 3.8) is 0 Å². The van der Waals surface area contributed by atoms with Gasteiger partial charge in [0.1, 0.15) is 23.0 Å². The van der Waals surface area contributed by atoms with Gasteiger partial charge in [0.25, 0.3) is 11.7 Å². The number of carbonyl (C=O) groups is 2. The Balaban J connectivity index is 2.11. The summed E-state index contributed by atoms with van der Waals surface area (Å²) in [6.45, 7) is 9.53. The van der Waals surface area contributed by atoms with Crippen LogP contribution < -0.4 is 14.2 Å². The van der Waals surface area contributed by atoms with Crippen LogP contribution in [0.1, 0.15) is 44.4 Å². The molecule has 1 saturated heterocycles. The van der Waals surface area contributed by atoms with E-state index in [0.29, 0.717) is 47.9 Å². The van der Waals surface area contributed by atoms with Gasteiger partial charge in [0.05, 0.1) is 32.4 Å². The Hall–Kier alpha value is -3.52. The van der Waals surface area contributed by atoms with E-state index in [9.17, 15) is 14.7 Å². The SMILES string of the molecule is CCOc1ccc(C(O)=C2C(=O)C(=O)N(CCCN(CC)CC)[C@@H]2c2cc(OC)ccc2OC)cc1. The van der Waals surface area contributed by atoms with E-state index in [1.165, 1.54) is 12.0 Å². The third kappa shape index (κ3) is 5.65. The van der Waals surface area contributed by atoms with Gasteiger partial charge in [-0.25, -0.2) is 0 Å². The second-order valence-corrected chi connectivity index (χ2v) is 8.44. The highest BCUT2D eigenvalue weighted by Gasteiger charge is 2.47. The number of likely N-dealkylation sites (tertiary alicyclic amines) is 1. The average Bonchev–Trinajstić information content (AvgIpc) is 3.15. The van der Waals surface area contributed by atoms with Gasteiger partial charge < -0.3 is 29.1 Å². The molecule has 0 bridgehead atoms. The third-order valence-electron chi connectivity index (χ3n) is 6.48. The number of ether oxygens (including phenoxy) is 3. The molecule has 1 N–H and O–H groups in total. The van der Waals surface area contributed by atoms with Crippen molar-refractivity contribution in [1.29, 1.82) is 0 Å². The maximum absolute atomic E-state index is 13.3. The van der Waals surface area contributed by atoms with Gasteiger partial charge in [-0.2, -0.15) is 0 Å². The number of aliphatic hydroxyl groups excluding tert-OH is 1. The Bertz CT molecular complexity index is 1090. The Morgan fingerprint density at radius 1 is 0.972 bits per heavy atom. The molecule has 1 atom stereocenters. The van der Waals surface area contributed by atoms with Gasteiger partial charge in [0, 0.05) is 17.7 Å². The number of carbonyl (C=O) groups excluding carboxylic acids is 2. The van der Waals surface area contributed by atoms with E-state index in [1.54, 1.807) is 49.6 Å². The molecule has 194 valence electrons. The number of benzene rings is 2. The number of Topliss-reactive ketones (excluding diaryl/α,β-unsaturated/α-hetero) is 1. The van der Waals surface area contributed by atoms with Gasteiger partial charge in [-0.15, -0.1) is 0 Å². The van der Waals surface area contributed by atoms with E-state index in [2.05, 4.69) is 18.7 Å². The maximum Gasteiger partial charge on any atom is 0.295 e. The monoisotopic (exact) mass is 496 g/mol. The lowest BCUT2D eigenvalue weighted by molar-refractivity contribution is -0.140. The lowest BCUT2D eigenvalue weighted by Gasteiger charge is -2.28. The van der Waals surface area contributed by atoms with Gasteiger partial charge in [0.2, 0.25) is 0 Å². The highest BCUT2D eigenvalue weighted by atomic mass is 16.5. The predicted octanol–water partition coefficient (Wildman–Crippen LogP) is 4.26. The van der Waals surface area contributed by atoms with Crippen molar-refractivity contribution in [1.82, 2.24) is 9.80 Å². The van der Waals surface area contributed by atoms with Gasteiger partial charge in [-0.1, -0.05) is 13.8 Å². The van der Waals surface area contributed by atoms with E-state index >= 15 is 0 Å². The summed E-state index contributed by atoms with van der Waals surface area (Å²) < 4.78 is 16.5. The van der Waals surface area contributed by atoms with Crippen molar-refractivity contribution >= 4 is 17.4 Å². The van der Waals surface area contributed by atoms with Crippen LogP contribution in [0.3, 0.4) is 0 Å². The minimum absolute atomic E-state index is 0.0264. The molecular weight excluding hydrogens is 460 g/mol. The molecule has 2 aromatic carbocycles. The second kappa shape index (κ2) is 12.4. The maximum atomic E-state index is 13.3. The molecule has 1 amide bonds. The zero-order valence-electron chi connectivity index (χ0n) is 21.7. The summed E-state index contributed by atoms with van der Waals surface area (Å²) in [7, 11) is 3.08. The number of rotatable bonds is 12. The molecule has 1 aliphatic rings. The van der Waals surface area contributed by atoms with Crippen molar-refractivity contribution < 1.29 is 28.9 Å². The minimum Gasteiger partial charge on any atom is -0.507 e. The van der Waals surface area contributed by atoms with Crippen LogP contribution in [0.25, 0.3) is 5.76 Å². The van der Waals surface area contributed by atoms with Gasteiger partial charge in [-0.05, 0) is 75.4 Å². The highest BCUT2D eigenvalue weighted by molar-refractivity contribution is 6.46. The van der Waals surface area contributed by atoms with E-state index in [4.69, 9.17) is 14.2 Å². The summed E-state index contributed by atoms with van der Waals surface area (Å²) in [4.78, 5) is 30.4. The molecular formula is C28H36N2O6. The summed E-state index contributed by atoms with van der Waals surface area (Å²) in [5, 5.41) is 11.3. The Morgan fingerprint density at radius 3 is 2.22 bits per heavy atom. The topological polar surface area (TPSA) is 88.5 Å². The predicted molar refractivity (Wildman–Crippen MR) is 139 cm³/mol. The number of ketones is 1. The Kier molecular flexibility index (Phi) is 9.36. The van der Waals surface area contributed by atoms with Crippen LogP contribution >= 0.6 is 0 Å². The van der Waals surface area contributed by atoms with Gasteiger partial charge in [-0.3, -0.25) is 9.59 Å². The van der Waals surface area contributed by atoms with Gasteiger partial charge in [0.15, 0.2) is 0 Å². The summed E-state index contributed by atoms with van der Waals surface area (Å²) >= 11 is 0.